The zero-order valence-corrected chi connectivity index (χ0v) is 15.9. The van der Waals surface area contributed by atoms with Crippen LogP contribution in [-0.4, -0.2) is 36.5 Å². The van der Waals surface area contributed by atoms with Gasteiger partial charge in [-0.05, 0) is 80.5 Å². The largest absolute Gasteiger partial charge is 0.312 e. The van der Waals surface area contributed by atoms with Crippen molar-refractivity contribution in [3.05, 3.63) is 42.0 Å². The minimum atomic E-state index is 0.181. The van der Waals surface area contributed by atoms with Gasteiger partial charge in [-0.3, -0.25) is 9.69 Å². The summed E-state index contributed by atoms with van der Waals surface area (Å²) in [5, 5.41) is 0. The summed E-state index contributed by atoms with van der Waals surface area (Å²) in [7, 11) is 0. The Morgan fingerprint density at radius 1 is 1.04 bits per heavy atom. The van der Waals surface area contributed by atoms with Crippen molar-refractivity contribution in [1.29, 1.82) is 0 Å². The molecule has 5 rings (SSSR count). The van der Waals surface area contributed by atoms with Crippen LogP contribution >= 0.6 is 0 Å². The van der Waals surface area contributed by atoms with Gasteiger partial charge in [-0.15, -0.1) is 0 Å². The Bertz CT molecular complexity index is 731. The van der Waals surface area contributed by atoms with Crippen molar-refractivity contribution >= 4 is 11.6 Å². The van der Waals surface area contributed by atoms with Gasteiger partial charge in [0.1, 0.15) is 0 Å². The first-order valence-electron chi connectivity index (χ1n) is 10.5. The number of nitrogens with zero attached hydrogens (tertiary/aromatic N) is 2. The number of amides is 1. The molecule has 3 heteroatoms. The van der Waals surface area contributed by atoms with E-state index in [-0.39, 0.29) is 11.3 Å². The number of likely N-dealkylation sites (tertiary alicyclic amines) is 1. The molecule has 0 radical (unpaired) electrons. The lowest BCUT2D eigenvalue weighted by atomic mass is 9.69. The molecule has 26 heavy (non-hydrogen) atoms. The molecule has 1 aromatic carbocycles. The van der Waals surface area contributed by atoms with E-state index >= 15 is 0 Å². The van der Waals surface area contributed by atoms with E-state index in [2.05, 4.69) is 41.3 Å². The molecule has 1 saturated carbocycles. The average Bonchev–Trinajstić information content (AvgIpc) is 3.25. The number of hydrogen-bond donors (Lipinski definition) is 0. The van der Waals surface area contributed by atoms with Crippen molar-refractivity contribution in [2.75, 3.05) is 24.5 Å². The van der Waals surface area contributed by atoms with Crippen LogP contribution in [-0.2, 0) is 10.2 Å². The van der Waals surface area contributed by atoms with Crippen LogP contribution in [0.5, 0.6) is 0 Å². The van der Waals surface area contributed by atoms with Gasteiger partial charge in [-0.2, -0.15) is 0 Å². The number of anilines is 1. The van der Waals surface area contributed by atoms with Gasteiger partial charge >= 0.3 is 0 Å². The van der Waals surface area contributed by atoms with E-state index in [1.807, 2.05) is 4.90 Å². The molecular weight excluding hydrogens is 320 g/mol. The first-order valence-corrected chi connectivity index (χ1v) is 10.5. The van der Waals surface area contributed by atoms with E-state index in [0.717, 1.165) is 30.8 Å². The van der Waals surface area contributed by atoms with E-state index in [1.54, 1.807) is 6.92 Å². The fourth-order valence-corrected chi connectivity index (χ4v) is 6.29. The third kappa shape index (κ3) is 2.55. The molecule has 3 atom stereocenters. The van der Waals surface area contributed by atoms with E-state index in [0.29, 0.717) is 0 Å². The summed E-state index contributed by atoms with van der Waals surface area (Å²) in [5.74, 6) is 1.84. The van der Waals surface area contributed by atoms with Gasteiger partial charge < -0.3 is 4.90 Å². The minimum absolute atomic E-state index is 0.181. The number of hydrogen-bond acceptors (Lipinski definition) is 2. The first kappa shape index (κ1) is 16.6. The molecule has 1 aromatic rings. The summed E-state index contributed by atoms with van der Waals surface area (Å²) in [6.45, 7) is 5.02. The van der Waals surface area contributed by atoms with E-state index in [9.17, 15) is 4.79 Å². The van der Waals surface area contributed by atoms with Crippen molar-refractivity contribution in [1.82, 2.24) is 4.90 Å². The van der Waals surface area contributed by atoms with Crippen LogP contribution in [0.25, 0.3) is 0 Å². The fraction of sp³-hybridized carbons (Fsp3) is 0.609. The average molecular weight is 351 g/mol. The number of piperidine rings is 1. The Morgan fingerprint density at radius 2 is 1.85 bits per heavy atom. The lowest BCUT2D eigenvalue weighted by Gasteiger charge is -2.45. The number of rotatable bonds is 1. The maximum Gasteiger partial charge on any atom is 0.223 e. The molecule has 0 N–H and O–H groups in total. The molecule has 3 nitrogen and oxygen atoms in total. The number of carbonyl (C=O) groups is 1. The lowest BCUT2D eigenvalue weighted by molar-refractivity contribution is -0.116. The van der Waals surface area contributed by atoms with Gasteiger partial charge in [0.05, 0.1) is 0 Å². The molecular formula is C23H30N2O. The lowest BCUT2D eigenvalue weighted by Crippen LogP contribution is -2.48. The second-order valence-electron chi connectivity index (χ2n) is 8.96. The van der Waals surface area contributed by atoms with Crippen molar-refractivity contribution in [3.8, 4) is 0 Å². The normalized spacial score (nSPS) is 32.7. The number of fused-ring (bicyclic) bond motifs is 4. The highest BCUT2D eigenvalue weighted by atomic mass is 16.2. The van der Waals surface area contributed by atoms with Gasteiger partial charge in [-0.25, -0.2) is 0 Å². The first-order chi connectivity index (χ1) is 12.7. The summed E-state index contributed by atoms with van der Waals surface area (Å²) in [4.78, 5) is 17.0. The quantitative estimate of drug-likeness (QED) is 0.711. The monoisotopic (exact) mass is 350 g/mol. The zero-order valence-electron chi connectivity index (χ0n) is 15.9. The van der Waals surface area contributed by atoms with Gasteiger partial charge in [0.2, 0.25) is 5.91 Å². The summed E-state index contributed by atoms with van der Waals surface area (Å²) in [6, 6.07) is 9.50. The van der Waals surface area contributed by atoms with Crippen LogP contribution in [0, 0.1) is 11.8 Å². The molecule has 2 fully saturated rings. The topological polar surface area (TPSA) is 23.6 Å². The minimum Gasteiger partial charge on any atom is -0.312 e. The standard InChI is InChI=1S/C23H30N2O/c1-17(26)25-12-4-9-23(20-5-2-3-6-21(20)25)10-13-24(14-11-23)22-16-18-7-8-19(22)15-18/h2-3,5-8,18-19,22H,4,9-16H2,1H3. The number of para-hydroxylation sites is 1. The Kier molecular flexibility index (Phi) is 3.97. The van der Waals surface area contributed by atoms with Gasteiger partial charge in [-0.1, -0.05) is 30.4 Å². The molecule has 1 spiro atoms. The molecule has 3 unspecified atom stereocenters. The summed E-state index contributed by atoms with van der Waals surface area (Å²) < 4.78 is 0. The molecule has 2 heterocycles. The van der Waals surface area contributed by atoms with E-state index in [4.69, 9.17) is 0 Å². The highest BCUT2D eigenvalue weighted by molar-refractivity contribution is 5.92. The Hall–Kier alpha value is -1.61. The predicted octanol–water partition coefficient (Wildman–Crippen LogP) is 4.13. The molecule has 2 bridgehead atoms. The van der Waals surface area contributed by atoms with Crippen molar-refractivity contribution in [2.45, 2.75) is 56.9 Å². The molecule has 4 aliphatic rings. The third-order valence-electron chi connectivity index (χ3n) is 7.65. The molecule has 2 aliphatic carbocycles. The van der Waals surface area contributed by atoms with Gasteiger partial charge in [0.25, 0.3) is 0 Å². The van der Waals surface area contributed by atoms with Gasteiger partial charge in [0, 0.05) is 25.2 Å². The number of benzene rings is 1. The molecule has 1 saturated heterocycles. The SMILES string of the molecule is CC(=O)N1CCCC2(CCN(C3CC4C=CC3C4)CC2)c2ccccc21. The predicted molar refractivity (Wildman–Crippen MR) is 105 cm³/mol. The molecule has 2 aliphatic heterocycles. The second kappa shape index (κ2) is 6.23. The van der Waals surface area contributed by atoms with Crippen molar-refractivity contribution in [3.63, 3.8) is 0 Å². The number of allylic oxidation sites excluding steroid dienone is 1. The van der Waals surface area contributed by atoms with Crippen molar-refractivity contribution in [2.24, 2.45) is 11.8 Å². The summed E-state index contributed by atoms with van der Waals surface area (Å²) in [6.07, 6.45) is 12.5. The Morgan fingerprint density at radius 3 is 2.54 bits per heavy atom. The maximum atomic E-state index is 12.2. The van der Waals surface area contributed by atoms with Gasteiger partial charge in [0.15, 0.2) is 0 Å². The number of carbonyl (C=O) groups excluding carboxylic acids is 1. The molecule has 0 aromatic heterocycles. The van der Waals surface area contributed by atoms with Crippen LogP contribution in [0.3, 0.4) is 0 Å². The highest BCUT2D eigenvalue weighted by Gasteiger charge is 2.44. The zero-order chi connectivity index (χ0) is 17.7. The van der Waals surface area contributed by atoms with E-state index < -0.39 is 0 Å². The molecule has 138 valence electrons. The van der Waals surface area contributed by atoms with Crippen LogP contribution < -0.4 is 4.90 Å². The second-order valence-corrected chi connectivity index (χ2v) is 8.96. The van der Waals surface area contributed by atoms with Crippen molar-refractivity contribution < 1.29 is 4.79 Å². The Labute approximate surface area is 157 Å². The fourth-order valence-electron chi connectivity index (χ4n) is 6.29. The Balaban J connectivity index is 1.40. The molecule has 1 amide bonds. The van der Waals surface area contributed by atoms with Crippen LogP contribution in [0.2, 0.25) is 0 Å². The van der Waals surface area contributed by atoms with Crippen LogP contribution in [0.15, 0.2) is 36.4 Å². The summed E-state index contributed by atoms with van der Waals surface area (Å²) >= 11 is 0. The van der Waals surface area contributed by atoms with Crippen LogP contribution in [0.1, 0.15) is 51.0 Å². The smallest absolute Gasteiger partial charge is 0.223 e. The maximum absolute atomic E-state index is 12.2. The van der Waals surface area contributed by atoms with E-state index in [1.165, 1.54) is 56.4 Å². The van der Waals surface area contributed by atoms with Crippen LogP contribution in [0.4, 0.5) is 5.69 Å². The highest BCUT2D eigenvalue weighted by Crippen LogP contribution is 2.48. The summed E-state index contributed by atoms with van der Waals surface area (Å²) in [5.41, 5.74) is 2.87. The third-order valence-corrected chi connectivity index (χ3v) is 7.65.